The molecule has 0 fully saturated rings. The summed E-state index contributed by atoms with van der Waals surface area (Å²) in [5, 5.41) is 11.8. The van der Waals surface area contributed by atoms with E-state index in [0.29, 0.717) is 12.5 Å². The van der Waals surface area contributed by atoms with Crippen molar-refractivity contribution in [3.05, 3.63) is 84.1 Å². The number of hydrogen-bond acceptors (Lipinski definition) is 5. The number of halogens is 1. The summed E-state index contributed by atoms with van der Waals surface area (Å²) in [5.41, 5.74) is 2.08. The maximum atomic E-state index is 13.7. The van der Waals surface area contributed by atoms with Crippen LogP contribution in [0.25, 0.3) is 0 Å². The molecule has 7 heteroatoms. The van der Waals surface area contributed by atoms with Crippen LogP contribution in [0.3, 0.4) is 0 Å². The Labute approximate surface area is 155 Å². The number of amidine groups is 1. The van der Waals surface area contributed by atoms with Crippen molar-refractivity contribution in [1.82, 2.24) is 4.90 Å². The number of benzene rings is 2. The second-order valence-corrected chi connectivity index (χ2v) is 6.14. The zero-order valence-corrected chi connectivity index (χ0v) is 14.3. The molecule has 27 heavy (non-hydrogen) atoms. The number of amides is 1. The Balaban J connectivity index is 1.50. The van der Waals surface area contributed by atoms with Crippen molar-refractivity contribution < 1.29 is 14.3 Å². The summed E-state index contributed by atoms with van der Waals surface area (Å²) in [5.74, 6) is -0.322. The number of anilines is 2. The number of rotatable bonds is 4. The summed E-state index contributed by atoms with van der Waals surface area (Å²) in [6, 6.07) is 13.6. The van der Waals surface area contributed by atoms with E-state index in [-0.39, 0.29) is 18.0 Å². The molecule has 0 spiro atoms. The van der Waals surface area contributed by atoms with Gasteiger partial charge >= 0.3 is 0 Å². The first-order valence-corrected chi connectivity index (χ1v) is 8.42. The summed E-state index contributed by atoms with van der Waals surface area (Å²) in [6.45, 7) is 0.447. The van der Waals surface area contributed by atoms with Crippen LogP contribution < -0.4 is 15.1 Å². The van der Waals surface area contributed by atoms with Gasteiger partial charge < -0.3 is 10.4 Å². The third kappa shape index (κ3) is 3.51. The van der Waals surface area contributed by atoms with Gasteiger partial charge in [0.15, 0.2) is 11.9 Å². The Morgan fingerprint density at radius 1 is 1.26 bits per heavy atom. The van der Waals surface area contributed by atoms with Crippen molar-refractivity contribution in [2.45, 2.75) is 6.61 Å². The molecule has 0 aliphatic carbocycles. The highest BCUT2D eigenvalue weighted by molar-refractivity contribution is 6.10. The third-order valence-electron chi connectivity index (χ3n) is 4.30. The number of aliphatic hydroxyl groups is 1. The molecular weight excluding hydrogens is 347 g/mol. The zero-order chi connectivity index (χ0) is 18.8. The first kappa shape index (κ1) is 17.1. The van der Waals surface area contributed by atoms with E-state index in [1.807, 2.05) is 40.3 Å². The molecule has 135 valence electrons. The fourth-order valence-corrected chi connectivity index (χ4v) is 2.90. The summed E-state index contributed by atoms with van der Waals surface area (Å²) in [4.78, 5) is 20.5. The van der Waals surface area contributed by atoms with Gasteiger partial charge in [-0.3, -0.25) is 9.69 Å². The summed E-state index contributed by atoms with van der Waals surface area (Å²) >= 11 is 0. The van der Waals surface area contributed by atoms with E-state index in [1.54, 1.807) is 24.4 Å². The van der Waals surface area contributed by atoms with Crippen LogP contribution in [0.1, 0.15) is 5.56 Å². The first-order valence-electron chi connectivity index (χ1n) is 8.42. The SMILES string of the molecule is O=C(Nc1ccccc1F)C1=C[N+]2CN(c3cccc(CO)c3)C=CC2=N1. The maximum Gasteiger partial charge on any atom is 0.285 e. The lowest BCUT2D eigenvalue weighted by atomic mass is 10.2. The molecule has 6 nitrogen and oxygen atoms in total. The molecule has 0 bridgehead atoms. The molecule has 1 amide bonds. The minimum absolute atomic E-state index is 0.0257. The minimum atomic E-state index is -0.496. The van der Waals surface area contributed by atoms with Crippen molar-refractivity contribution in [1.29, 1.82) is 0 Å². The van der Waals surface area contributed by atoms with E-state index >= 15 is 0 Å². The summed E-state index contributed by atoms with van der Waals surface area (Å²) in [7, 11) is 0. The van der Waals surface area contributed by atoms with Crippen LogP contribution in [0, 0.1) is 5.82 Å². The molecule has 1 radical (unpaired) electrons. The van der Waals surface area contributed by atoms with Gasteiger partial charge in [-0.25, -0.2) is 4.39 Å². The molecule has 2 heterocycles. The van der Waals surface area contributed by atoms with Gasteiger partial charge in [-0.05, 0) is 29.8 Å². The molecule has 2 aromatic rings. The predicted molar refractivity (Wildman–Crippen MR) is 102 cm³/mol. The van der Waals surface area contributed by atoms with E-state index < -0.39 is 11.7 Å². The standard InChI is InChI=1S/C20H17FN4O2/c21-16-6-1-2-7-17(16)23-20(27)18-11-25-13-24(9-8-19(25)22-18)15-5-3-4-14(10-15)12-26/h1-11,26H,12-13H2,(H,23,27)/q+1. The Morgan fingerprint density at radius 2 is 2.11 bits per heavy atom. The number of aliphatic imine (C=N–C) groups is 1. The Kier molecular flexibility index (Phi) is 4.53. The fourth-order valence-electron chi connectivity index (χ4n) is 2.90. The smallest absolute Gasteiger partial charge is 0.285 e. The number of carbonyl (C=O) groups excluding carboxylic acids is 1. The second kappa shape index (κ2) is 7.14. The van der Waals surface area contributed by atoms with E-state index in [2.05, 4.69) is 10.3 Å². The monoisotopic (exact) mass is 364 g/mol. The molecule has 0 aromatic heterocycles. The largest absolute Gasteiger partial charge is 0.392 e. The molecule has 2 aliphatic rings. The molecular formula is C20H17FN4O2+. The van der Waals surface area contributed by atoms with Crippen molar-refractivity contribution in [2.75, 3.05) is 16.9 Å². The highest BCUT2D eigenvalue weighted by atomic mass is 19.1. The molecule has 0 saturated carbocycles. The number of nitrogens with zero attached hydrogens (tertiary/aromatic N) is 3. The zero-order valence-electron chi connectivity index (χ0n) is 14.3. The maximum absolute atomic E-state index is 13.7. The summed E-state index contributed by atoms with van der Waals surface area (Å²) in [6.07, 6.45) is 5.31. The molecule has 2 aromatic carbocycles. The van der Waals surface area contributed by atoms with E-state index in [4.69, 9.17) is 0 Å². The van der Waals surface area contributed by atoms with E-state index in [0.717, 1.165) is 11.3 Å². The fraction of sp³-hybridized carbons (Fsp3) is 0.100. The number of para-hydroxylation sites is 1. The van der Waals surface area contributed by atoms with Crippen LogP contribution in [0.4, 0.5) is 15.8 Å². The number of aliphatic hydroxyl groups excluding tert-OH is 1. The Bertz CT molecular complexity index is 983. The Hall–Kier alpha value is -3.29. The number of fused-ring (bicyclic) bond motifs is 1. The van der Waals surface area contributed by atoms with Crippen LogP contribution in [-0.2, 0) is 11.4 Å². The average molecular weight is 364 g/mol. The van der Waals surface area contributed by atoms with Gasteiger partial charge in [0.1, 0.15) is 5.82 Å². The number of nitrogens with one attached hydrogen (secondary N) is 1. The highest BCUT2D eigenvalue weighted by Gasteiger charge is 2.35. The van der Waals surface area contributed by atoms with Gasteiger partial charge in [0.25, 0.3) is 11.7 Å². The molecule has 0 saturated heterocycles. The van der Waals surface area contributed by atoms with Gasteiger partial charge in [0.2, 0.25) is 6.67 Å². The van der Waals surface area contributed by atoms with Crippen molar-refractivity contribution >= 4 is 23.1 Å². The average Bonchev–Trinajstić information content (AvgIpc) is 3.13. The lowest BCUT2D eigenvalue weighted by Gasteiger charge is -2.22. The van der Waals surface area contributed by atoms with Crippen molar-refractivity contribution in [2.24, 2.45) is 4.99 Å². The lowest BCUT2D eigenvalue weighted by Crippen LogP contribution is -2.41. The first-order chi connectivity index (χ1) is 13.1. The number of hydrogen-bond donors (Lipinski definition) is 2. The van der Waals surface area contributed by atoms with Gasteiger partial charge in [0, 0.05) is 18.0 Å². The molecule has 0 atom stereocenters. The van der Waals surface area contributed by atoms with Crippen molar-refractivity contribution in [3.63, 3.8) is 0 Å². The van der Waals surface area contributed by atoms with E-state index in [9.17, 15) is 14.3 Å². The van der Waals surface area contributed by atoms with Gasteiger partial charge in [-0.15, -0.1) is 0 Å². The van der Waals surface area contributed by atoms with Crippen LogP contribution in [-0.4, -0.2) is 23.5 Å². The van der Waals surface area contributed by atoms with Crippen LogP contribution in [0.5, 0.6) is 0 Å². The molecule has 2 aliphatic heterocycles. The van der Waals surface area contributed by atoms with Gasteiger partial charge in [0.05, 0.1) is 12.3 Å². The topological polar surface area (TPSA) is 70.8 Å². The normalized spacial score (nSPS) is 16.0. The minimum Gasteiger partial charge on any atom is -0.392 e. The molecule has 0 unspecified atom stereocenters. The number of carbonyl (C=O) groups is 1. The van der Waals surface area contributed by atoms with Gasteiger partial charge in [-0.2, -0.15) is 4.99 Å². The van der Waals surface area contributed by atoms with E-state index in [1.165, 1.54) is 12.1 Å². The summed E-state index contributed by atoms with van der Waals surface area (Å²) < 4.78 is 13.7. The quantitative estimate of drug-likeness (QED) is 0.820. The van der Waals surface area contributed by atoms with Crippen LogP contribution in [0.15, 0.2) is 77.7 Å². The molecule has 4 rings (SSSR count). The van der Waals surface area contributed by atoms with Crippen molar-refractivity contribution in [3.8, 4) is 0 Å². The van der Waals surface area contributed by atoms with Crippen LogP contribution in [0.2, 0.25) is 0 Å². The third-order valence-corrected chi connectivity index (χ3v) is 4.30. The predicted octanol–water partition coefficient (Wildman–Crippen LogP) is 2.64. The van der Waals surface area contributed by atoms with Gasteiger partial charge in [-0.1, -0.05) is 29.2 Å². The highest BCUT2D eigenvalue weighted by Crippen LogP contribution is 2.23. The lowest BCUT2D eigenvalue weighted by molar-refractivity contribution is -0.112. The van der Waals surface area contributed by atoms with Crippen LogP contribution >= 0.6 is 0 Å². The second-order valence-electron chi connectivity index (χ2n) is 6.14. The molecule has 2 N–H and O–H groups in total. The Morgan fingerprint density at radius 3 is 2.93 bits per heavy atom.